The fourth-order valence-electron chi connectivity index (χ4n) is 1.78. The Kier molecular flexibility index (Phi) is 4.12. The van der Waals surface area contributed by atoms with Crippen LogP contribution in [0.15, 0.2) is 29.4 Å². The van der Waals surface area contributed by atoms with Crippen molar-refractivity contribution in [2.24, 2.45) is 0 Å². The smallest absolute Gasteiger partial charge is 0.233 e. The second kappa shape index (κ2) is 6.03. The van der Waals surface area contributed by atoms with E-state index in [0.717, 1.165) is 18.5 Å². The van der Waals surface area contributed by atoms with Crippen LogP contribution in [0.3, 0.4) is 0 Å². The van der Waals surface area contributed by atoms with E-state index in [4.69, 9.17) is 11.6 Å². The van der Waals surface area contributed by atoms with E-state index in [0.29, 0.717) is 16.2 Å². The first-order valence-corrected chi connectivity index (χ1v) is 7.90. The normalized spacial score (nSPS) is 15.7. The van der Waals surface area contributed by atoms with Crippen molar-refractivity contribution in [3.63, 3.8) is 0 Å². The second-order valence-electron chi connectivity index (χ2n) is 4.90. The van der Waals surface area contributed by atoms with Crippen LogP contribution >= 0.6 is 23.4 Å². The van der Waals surface area contributed by atoms with Crippen molar-refractivity contribution >= 4 is 29.3 Å². The van der Waals surface area contributed by atoms with Gasteiger partial charge >= 0.3 is 0 Å². The van der Waals surface area contributed by atoms with Crippen molar-refractivity contribution in [1.29, 1.82) is 0 Å². The van der Waals surface area contributed by atoms with E-state index < -0.39 is 0 Å². The molecule has 0 spiro atoms. The molecule has 1 amide bonds. The Labute approximate surface area is 131 Å². The number of benzene rings is 1. The lowest BCUT2D eigenvalue weighted by Gasteiger charge is -2.11. The summed E-state index contributed by atoms with van der Waals surface area (Å²) in [5.74, 6) is 0.0168. The molecule has 0 unspecified atom stereocenters. The third-order valence-corrected chi connectivity index (χ3v) is 4.34. The van der Waals surface area contributed by atoms with Gasteiger partial charge in [-0.25, -0.2) is 0 Å². The van der Waals surface area contributed by atoms with Crippen molar-refractivity contribution in [1.82, 2.24) is 25.5 Å². The van der Waals surface area contributed by atoms with E-state index in [1.165, 1.54) is 11.8 Å². The van der Waals surface area contributed by atoms with Crippen LogP contribution in [0.5, 0.6) is 0 Å². The number of thioether (sulfide) groups is 1. The lowest BCUT2D eigenvalue weighted by Crippen LogP contribution is -2.32. The quantitative estimate of drug-likeness (QED) is 0.853. The molecule has 21 heavy (non-hydrogen) atoms. The lowest BCUT2D eigenvalue weighted by molar-refractivity contribution is -0.120. The topological polar surface area (TPSA) is 72.7 Å². The number of rotatable bonds is 5. The van der Waals surface area contributed by atoms with Gasteiger partial charge in [0.05, 0.1) is 10.9 Å². The molecule has 1 aromatic heterocycles. The molecule has 0 saturated heterocycles. The summed E-state index contributed by atoms with van der Waals surface area (Å²) in [5, 5.41) is 15.5. The number of carbonyl (C=O) groups excluding carboxylic acids is 1. The van der Waals surface area contributed by atoms with Crippen LogP contribution in [0.2, 0.25) is 5.02 Å². The highest BCUT2D eigenvalue weighted by Gasteiger charge is 2.27. The summed E-state index contributed by atoms with van der Waals surface area (Å²) in [5.41, 5.74) is 0.768. The van der Waals surface area contributed by atoms with Crippen LogP contribution < -0.4 is 5.32 Å². The molecule has 1 N–H and O–H groups in total. The van der Waals surface area contributed by atoms with Crippen molar-refractivity contribution < 1.29 is 4.79 Å². The van der Waals surface area contributed by atoms with Crippen LogP contribution in [-0.4, -0.2) is 37.4 Å². The lowest BCUT2D eigenvalue weighted by atomic mass is 10.3. The van der Waals surface area contributed by atoms with E-state index in [9.17, 15) is 4.79 Å². The Balaban J connectivity index is 1.74. The number of aromatic nitrogens is 4. The molecular weight excluding hydrogens is 310 g/mol. The van der Waals surface area contributed by atoms with Gasteiger partial charge in [0.1, 0.15) is 0 Å². The van der Waals surface area contributed by atoms with Crippen LogP contribution in [0, 0.1) is 0 Å². The minimum absolute atomic E-state index is 0.0168. The van der Waals surface area contributed by atoms with Crippen LogP contribution in [0.4, 0.5) is 0 Å². The molecule has 3 rings (SSSR count). The van der Waals surface area contributed by atoms with Crippen molar-refractivity contribution in [3.05, 3.63) is 29.3 Å². The number of hydrogen-bond acceptors (Lipinski definition) is 5. The fourth-order valence-corrected chi connectivity index (χ4v) is 2.78. The molecule has 0 radical (unpaired) electrons. The van der Waals surface area contributed by atoms with E-state index >= 15 is 0 Å². The molecule has 1 saturated carbocycles. The number of hydrogen-bond donors (Lipinski definition) is 1. The molecular formula is C13H14ClN5OS. The molecule has 1 heterocycles. The van der Waals surface area contributed by atoms with Gasteiger partial charge in [-0.05, 0) is 48.4 Å². The van der Waals surface area contributed by atoms with Gasteiger partial charge in [0.15, 0.2) is 0 Å². The molecule has 0 aliphatic heterocycles. The molecule has 1 fully saturated rings. The molecule has 8 heteroatoms. The Bertz CT molecular complexity index is 658. The van der Waals surface area contributed by atoms with E-state index in [2.05, 4.69) is 20.8 Å². The van der Waals surface area contributed by atoms with E-state index in [-0.39, 0.29) is 11.2 Å². The SMILES string of the molecule is C[C@@H](Sc1nnnn1-c1cccc(Cl)c1)C(=O)NC1CC1. The summed E-state index contributed by atoms with van der Waals surface area (Å²) in [4.78, 5) is 12.0. The van der Waals surface area contributed by atoms with E-state index in [1.54, 1.807) is 16.8 Å². The molecule has 110 valence electrons. The third-order valence-electron chi connectivity index (χ3n) is 3.07. The van der Waals surface area contributed by atoms with Gasteiger partial charge in [0, 0.05) is 11.1 Å². The zero-order chi connectivity index (χ0) is 14.8. The number of halogens is 1. The fraction of sp³-hybridized carbons (Fsp3) is 0.385. The summed E-state index contributed by atoms with van der Waals surface area (Å²) in [6.07, 6.45) is 2.15. The molecule has 2 aromatic rings. The first-order valence-electron chi connectivity index (χ1n) is 6.65. The molecule has 1 atom stereocenters. The van der Waals surface area contributed by atoms with Gasteiger partial charge in [-0.15, -0.1) is 5.10 Å². The van der Waals surface area contributed by atoms with Crippen LogP contribution in [0.1, 0.15) is 19.8 Å². The standard InChI is InChI=1S/C13H14ClN5OS/c1-8(12(20)15-10-5-6-10)21-13-16-17-18-19(13)11-4-2-3-9(14)7-11/h2-4,7-8,10H,5-6H2,1H3,(H,15,20)/t8-/m1/s1. The maximum Gasteiger partial charge on any atom is 0.233 e. The van der Waals surface area contributed by atoms with Gasteiger partial charge in [0.25, 0.3) is 0 Å². The van der Waals surface area contributed by atoms with Gasteiger partial charge in [-0.3, -0.25) is 4.79 Å². The van der Waals surface area contributed by atoms with Crippen molar-refractivity contribution in [2.45, 2.75) is 36.2 Å². The van der Waals surface area contributed by atoms with Crippen LogP contribution in [-0.2, 0) is 4.79 Å². The van der Waals surface area contributed by atoms with E-state index in [1.807, 2.05) is 19.1 Å². The Morgan fingerprint density at radius 3 is 3.05 bits per heavy atom. The first-order chi connectivity index (χ1) is 10.1. The van der Waals surface area contributed by atoms with Crippen molar-refractivity contribution in [2.75, 3.05) is 0 Å². The Morgan fingerprint density at radius 1 is 1.52 bits per heavy atom. The maximum absolute atomic E-state index is 12.0. The maximum atomic E-state index is 12.0. The number of nitrogens with one attached hydrogen (secondary N) is 1. The number of carbonyl (C=O) groups is 1. The molecule has 1 aromatic carbocycles. The summed E-state index contributed by atoms with van der Waals surface area (Å²) in [6, 6.07) is 7.60. The number of nitrogens with zero attached hydrogens (tertiary/aromatic N) is 4. The predicted octanol–water partition coefficient (Wildman–Crippen LogP) is 2.07. The molecule has 1 aliphatic carbocycles. The molecule has 1 aliphatic rings. The molecule has 6 nitrogen and oxygen atoms in total. The largest absolute Gasteiger partial charge is 0.352 e. The van der Waals surface area contributed by atoms with Gasteiger partial charge in [-0.1, -0.05) is 29.4 Å². The highest BCUT2D eigenvalue weighted by molar-refractivity contribution is 8.00. The Morgan fingerprint density at radius 2 is 2.33 bits per heavy atom. The average Bonchev–Trinajstić information content (AvgIpc) is 3.15. The number of tetrazole rings is 1. The summed E-state index contributed by atoms with van der Waals surface area (Å²) in [6.45, 7) is 1.85. The first kappa shape index (κ1) is 14.3. The number of amides is 1. The zero-order valence-electron chi connectivity index (χ0n) is 11.4. The average molecular weight is 324 g/mol. The monoisotopic (exact) mass is 323 g/mol. The molecule has 0 bridgehead atoms. The summed E-state index contributed by atoms with van der Waals surface area (Å²) < 4.78 is 1.58. The van der Waals surface area contributed by atoms with Gasteiger partial charge in [-0.2, -0.15) is 4.68 Å². The summed E-state index contributed by atoms with van der Waals surface area (Å²) >= 11 is 7.31. The highest BCUT2D eigenvalue weighted by atomic mass is 35.5. The summed E-state index contributed by atoms with van der Waals surface area (Å²) in [7, 11) is 0. The highest BCUT2D eigenvalue weighted by Crippen LogP contribution is 2.25. The second-order valence-corrected chi connectivity index (χ2v) is 6.64. The van der Waals surface area contributed by atoms with Gasteiger partial charge in [0.2, 0.25) is 11.1 Å². The third kappa shape index (κ3) is 3.54. The Hall–Kier alpha value is -1.60. The van der Waals surface area contributed by atoms with Gasteiger partial charge < -0.3 is 5.32 Å². The van der Waals surface area contributed by atoms with Crippen molar-refractivity contribution in [3.8, 4) is 5.69 Å². The predicted molar refractivity (Wildman–Crippen MR) is 80.6 cm³/mol. The minimum atomic E-state index is -0.255. The minimum Gasteiger partial charge on any atom is -0.352 e. The van der Waals surface area contributed by atoms with Crippen LogP contribution in [0.25, 0.3) is 5.69 Å². The zero-order valence-corrected chi connectivity index (χ0v) is 12.9.